The van der Waals surface area contributed by atoms with E-state index in [-0.39, 0.29) is 6.10 Å². The molecular weight excluding hydrogens is 378 g/mol. The van der Waals surface area contributed by atoms with E-state index in [0.717, 1.165) is 24.9 Å². The first-order valence-electron chi connectivity index (χ1n) is 11.1. The minimum atomic E-state index is -3.40. The smallest absolute Gasteiger partial charge is 0.290 e. The van der Waals surface area contributed by atoms with E-state index in [1.165, 1.54) is 71.3 Å². The van der Waals surface area contributed by atoms with Crippen molar-refractivity contribution in [3.05, 3.63) is 0 Å². The highest BCUT2D eigenvalue weighted by Gasteiger charge is 2.33. The zero-order valence-corrected chi connectivity index (χ0v) is 20.4. The van der Waals surface area contributed by atoms with E-state index in [1.54, 1.807) is 0 Å². The minimum absolute atomic E-state index is 0.0190. The first kappa shape index (κ1) is 25.6. The molecule has 0 saturated heterocycles. The van der Waals surface area contributed by atoms with Crippen LogP contribution in [0.4, 0.5) is 0 Å². The van der Waals surface area contributed by atoms with Crippen LogP contribution in [0.5, 0.6) is 0 Å². The molecule has 1 unspecified atom stereocenters. The van der Waals surface area contributed by atoms with E-state index in [2.05, 4.69) is 26.9 Å². The summed E-state index contributed by atoms with van der Waals surface area (Å²) in [4.78, 5) is 0. The maximum Gasteiger partial charge on any atom is 0.474 e. The normalized spacial score (nSPS) is 23.3. The molecule has 0 heterocycles. The van der Waals surface area contributed by atoms with E-state index in [0.29, 0.717) is 6.61 Å². The number of hydrogen-bond donors (Lipinski definition) is 0. The Hall–Kier alpha value is 0.540. The topological polar surface area (TPSA) is 44.8 Å². The molecule has 0 aromatic carbocycles. The SMILES string of the molecule is CCCCCCCCCC1CCC(OP(=O)(OC)OCC[P+](C)(C)C)CC1. The van der Waals surface area contributed by atoms with Gasteiger partial charge in [-0.3, -0.25) is 13.6 Å². The van der Waals surface area contributed by atoms with Crippen molar-refractivity contribution in [3.8, 4) is 0 Å². The van der Waals surface area contributed by atoms with Gasteiger partial charge in [-0.2, -0.15) is 0 Å². The van der Waals surface area contributed by atoms with Crippen molar-refractivity contribution >= 4 is 15.1 Å². The third kappa shape index (κ3) is 12.7. The molecule has 0 spiro atoms. The summed E-state index contributed by atoms with van der Waals surface area (Å²) in [5, 5.41) is 0. The molecule has 0 aromatic rings. The van der Waals surface area contributed by atoms with Gasteiger partial charge in [0, 0.05) is 34.4 Å². The zero-order valence-electron chi connectivity index (χ0n) is 18.6. The van der Waals surface area contributed by atoms with Crippen molar-refractivity contribution in [2.75, 3.05) is 39.9 Å². The van der Waals surface area contributed by atoms with Crippen LogP contribution < -0.4 is 0 Å². The maximum absolute atomic E-state index is 12.7. The van der Waals surface area contributed by atoms with Crippen LogP contribution in [0.2, 0.25) is 0 Å². The molecule has 0 aliphatic heterocycles. The van der Waals surface area contributed by atoms with Crippen molar-refractivity contribution in [2.24, 2.45) is 5.92 Å². The summed E-state index contributed by atoms with van der Waals surface area (Å²) in [6, 6.07) is 0. The van der Waals surface area contributed by atoms with Gasteiger partial charge in [-0.15, -0.1) is 0 Å². The van der Waals surface area contributed by atoms with E-state index in [9.17, 15) is 4.57 Å². The highest BCUT2D eigenvalue weighted by Crippen LogP contribution is 2.53. The lowest BCUT2D eigenvalue weighted by atomic mass is 9.84. The predicted octanol–water partition coefficient (Wildman–Crippen LogP) is 7.38. The lowest BCUT2D eigenvalue weighted by Crippen LogP contribution is -2.21. The fourth-order valence-electron chi connectivity index (χ4n) is 3.65. The van der Waals surface area contributed by atoms with Gasteiger partial charge in [0.15, 0.2) is 0 Å². The number of hydrogen-bond acceptors (Lipinski definition) is 4. The van der Waals surface area contributed by atoms with Crippen LogP contribution >= 0.6 is 15.1 Å². The van der Waals surface area contributed by atoms with Gasteiger partial charge in [-0.25, -0.2) is 4.57 Å². The van der Waals surface area contributed by atoms with Crippen LogP contribution in [-0.4, -0.2) is 46.0 Å². The Morgan fingerprint density at radius 2 is 1.52 bits per heavy atom. The largest absolute Gasteiger partial charge is 0.474 e. The fraction of sp³-hybridized carbons (Fsp3) is 1.00. The monoisotopic (exact) mass is 423 g/mol. The summed E-state index contributed by atoms with van der Waals surface area (Å²) in [5.74, 6) is 0.814. The lowest BCUT2D eigenvalue weighted by Gasteiger charge is -2.30. The molecule has 0 amide bonds. The van der Waals surface area contributed by atoms with E-state index >= 15 is 0 Å². The Kier molecular flexibility index (Phi) is 13.0. The number of unbranched alkanes of at least 4 members (excludes halogenated alkanes) is 6. The van der Waals surface area contributed by atoms with Gasteiger partial charge in [-0.1, -0.05) is 58.3 Å². The molecule has 0 bridgehead atoms. The van der Waals surface area contributed by atoms with E-state index < -0.39 is 15.1 Å². The molecular formula is C21H45O4P2+. The first-order valence-corrected chi connectivity index (χ1v) is 15.8. The van der Waals surface area contributed by atoms with Crippen molar-refractivity contribution in [2.45, 2.75) is 90.1 Å². The van der Waals surface area contributed by atoms with Crippen LogP contribution in [-0.2, 0) is 18.1 Å². The Morgan fingerprint density at radius 1 is 0.926 bits per heavy atom. The Morgan fingerprint density at radius 3 is 2.07 bits per heavy atom. The molecule has 1 fully saturated rings. The van der Waals surface area contributed by atoms with Crippen LogP contribution in [0.25, 0.3) is 0 Å². The molecule has 0 aromatic heterocycles. The minimum Gasteiger partial charge on any atom is -0.290 e. The molecule has 1 saturated carbocycles. The fourth-order valence-corrected chi connectivity index (χ4v) is 5.58. The molecule has 1 aliphatic rings. The third-order valence-electron chi connectivity index (χ3n) is 5.52. The van der Waals surface area contributed by atoms with Crippen LogP contribution in [0.1, 0.15) is 84.0 Å². The summed E-state index contributed by atoms with van der Waals surface area (Å²) >= 11 is 0. The third-order valence-corrected chi connectivity index (χ3v) is 8.55. The van der Waals surface area contributed by atoms with Gasteiger partial charge in [-0.05, 0) is 31.6 Å². The van der Waals surface area contributed by atoms with Gasteiger partial charge in [0.2, 0.25) is 0 Å². The second-order valence-electron chi connectivity index (χ2n) is 9.14. The summed E-state index contributed by atoms with van der Waals surface area (Å²) in [7, 11) is -2.91. The average Bonchev–Trinajstić information content (AvgIpc) is 2.61. The lowest BCUT2D eigenvalue weighted by molar-refractivity contribution is 0.0636. The molecule has 27 heavy (non-hydrogen) atoms. The number of phosphoric acid groups is 1. The van der Waals surface area contributed by atoms with Crippen molar-refractivity contribution in [1.82, 2.24) is 0 Å². The summed E-state index contributed by atoms with van der Waals surface area (Å²) < 4.78 is 29.1. The van der Waals surface area contributed by atoms with Crippen LogP contribution in [0.15, 0.2) is 0 Å². The molecule has 1 atom stereocenters. The quantitative estimate of drug-likeness (QED) is 0.204. The van der Waals surface area contributed by atoms with Gasteiger partial charge >= 0.3 is 7.82 Å². The molecule has 6 heteroatoms. The second kappa shape index (κ2) is 13.7. The standard InChI is InChI=1S/C21H45O4P2/c1-6-7-8-9-10-11-12-13-20-14-16-21(17-15-20)25-27(22,23-2)24-18-19-26(3,4)5/h20-21H,6-19H2,1-5H3/q+1. The average molecular weight is 424 g/mol. The van der Waals surface area contributed by atoms with Gasteiger partial charge in [0.25, 0.3) is 0 Å². The Bertz CT molecular complexity index is 415. The van der Waals surface area contributed by atoms with Gasteiger partial charge in [0.05, 0.1) is 18.9 Å². The summed E-state index contributed by atoms with van der Waals surface area (Å²) in [5.41, 5.74) is 0. The number of rotatable bonds is 15. The molecule has 4 nitrogen and oxygen atoms in total. The van der Waals surface area contributed by atoms with Gasteiger partial charge in [0.1, 0.15) is 0 Å². The van der Waals surface area contributed by atoms with Crippen molar-refractivity contribution in [1.29, 1.82) is 0 Å². The van der Waals surface area contributed by atoms with E-state index in [1.807, 2.05) is 0 Å². The van der Waals surface area contributed by atoms with Gasteiger partial charge < -0.3 is 0 Å². The zero-order chi connectivity index (χ0) is 20.2. The summed E-state index contributed by atoms with van der Waals surface area (Å²) in [6.07, 6.45) is 16.3. The Labute approximate surface area is 169 Å². The first-order chi connectivity index (χ1) is 12.8. The van der Waals surface area contributed by atoms with Crippen molar-refractivity contribution in [3.63, 3.8) is 0 Å². The predicted molar refractivity (Wildman–Crippen MR) is 120 cm³/mol. The van der Waals surface area contributed by atoms with Crippen LogP contribution in [0, 0.1) is 5.92 Å². The second-order valence-corrected chi connectivity index (χ2v) is 15.9. The Balaban J connectivity index is 2.18. The van der Waals surface area contributed by atoms with Crippen molar-refractivity contribution < 1.29 is 18.1 Å². The number of phosphoric ester groups is 1. The highest BCUT2D eigenvalue weighted by atomic mass is 31.2. The molecule has 162 valence electrons. The molecule has 0 N–H and O–H groups in total. The molecule has 0 radical (unpaired) electrons. The molecule has 1 rings (SSSR count). The summed E-state index contributed by atoms with van der Waals surface area (Å²) in [6.45, 7) is 9.48. The van der Waals surface area contributed by atoms with Crippen LogP contribution in [0.3, 0.4) is 0 Å². The highest BCUT2D eigenvalue weighted by molar-refractivity contribution is 7.73. The van der Waals surface area contributed by atoms with E-state index in [4.69, 9.17) is 13.6 Å². The molecule has 1 aliphatic carbocycles. The maximum atomic E-state index is 12.7.